The van der Waals surface area contributed by atoms with Crippen molar-refractivity contribution in [1.29, 1.82) is 0 Å². The third-order valence-corrected chi connectivity index (χ3v) is 4.12. The molecule has 108 valence electrons. The monoisotopic (exact) mass is 278 g/mol. The third kappa shape index (κ3) is 2.80. The number of non-ortho nitro benzene ring substituents is 1. The SMILES string of the molecule is CCC1(C(=O)O)CCN(Cc2ccc([N+](=O)[O-])cc2)C1. The van der Waals surface area contributed by atoms with Crippen LogP contribution in [0.1, 0.15) is 25.3 Å². The molecule has 1 aromatic rings. The molecule has 1 atom stereocenters. The van der Waals surface area contributed by atoms with E-state index in [9.17, 15) is 20.0 Å². The first-order valence-electron chi connectivity index (χ1n) is 6.66. The number of carboxylic acids is 1. The molecular formula is C14H18N2O4. The molecule has 0 saturated carbocycles. The molecule has 6 nitrogen and oxygen atoms in total. The predicted octanol–water partition coefficient (Wildman–Crippen LogP) is 2.28. The van der Waals surface area contributed by atoms with Crippen LogP contribution in [0.4, 0.5) is 5.69 Å². The van der Waals surface area contributed by atoms with E-state index >= 15 is 0 Å². The smallest absolute Gasteiger partial charge is 0.310 e. The van der Waals surface area contributed by atoms with E-state index in [1.807, 2.05) is 6.92 Å². The number of hydrogen-bond acceptors (Lipinski definition) is 4. The average Bonchev–Trinajstić information content (AvgIpc) is 2.84. The lowest BCUT2D eigenvalue weighted by molar-refractivity contribution is -0.384. The van der Waals surface area contributed by atoms with Crippen molar-refractivity contribution in [3.05, 3.63) is 39.9 Å². The predicted molar refractivity (Wildman–Crippen MR) is 73.4 cm³/mol. The average molecular weight is 278 g/mol. The molecule has 0 amide bonds. The Hall–Kier alpha value is -1.95. The van der Waals surface area contributed by atoms with Gasteiger partial charge in [0.1, 0.15) is 0 Å². The molecule has 2 rings (SSSR count). The first kappa shape index (κ1) is 14.5. The Bertz CT molecular complexity index is 514. The summed E-state index contributed by atoms with van der Waals surface area (Å²) in [6.07, 6.45) is 1.28. The fraction of sp³-hybridized carbons (Fsp3) is 0.500. The molecule has 1 fully saturated rings. The molecule has 20 heavy (non-hydrogen) atoms. The van der Waals surface area contributed by atoms with Gasteiger partial charge in [-0.3, -0.25) is 19.8 Å². The summed E-state index contributed by atoms with van der Waals surface area (Å²) in [6, 6.07) is 6.42. The minimum Gasteiger partial charge on any atom is -0.481 e. The van der Waals surface area contributed by atoms with E-state index < -0.39 is 16.3 Å². The number of nitrogens with zero attached hydrogens (tertiary/aromatic N) is 2. The number of rotatable bonds is 5. The van der Waals surface area contributed by atoms with Crippen LogP contribution in [0.3, 0.4) is 0 Å². The zero-order chi connectivity index (χ0) is 14.8. The second-order valence-corrected chi connectivity index (χ2v) is 5.32. The maximum Gasteiger partial charge on any atom is 0.310 e. The number of carbonyl (C=O) groups is 1. The number of aliphatic carboxylic acids is 1. The molecule has 0 aliphatic carbocycles. The summed E-state index contributed by atoms with van der Waals surface area (Å²) in [6.45, 7) is 3.82. The first-order chi connectivity index (χ1) is 9.47. The Morgan fingerprint density at radius 3 is 2.55 bits per heavy atom. The summed E-state index contributed by atoms with van der Waals surface area (Å²) in [4.78, 5) is 23.6. The second kappa shape index (κ2) is 5.58. The van der Waals surface area contributed by atoms with Crippen LogP contribution in [0.2, 0.25) is 0 Å². The van der Waals surface area contributed by atoms with Gasteiger partial charge in [-0.25, -0.2) is 0 Å². The van der Waals surface area contributed by atoms with E-state index in [2.05, 4.69) is 4.90 Å². The number of nitro benzene ring substituents is 1. The molecule has 0 spiro atoms. The van der Waals surface area contributed by atoms with Gasteiger partial charge in [0.15, 0.2) is 0 Å². The highest BCUT2D eigenvalue weighted by Gasteiger charge is 2.42. The van der Waals surface area contributed by atoms with E-state index in [0.29, 0.717) is 25.9 Å². The van der Waals surface area contributed by atoms with Crippen molar-refractivity contribution in [2.75, 3.05) is 13.1 Å². The Kier molecular flexibility index (Phi) is 4.04. The van der Waals surface area contributed by atoms with Gasteiger partial charge >= 0.3 is 5.97 Å². The minimum absolute atomic E-state index is 0.0728. The summed E-state index contributed by atoms with van der Waals surface area (Å²) in [7, 11) is 0. The minimum atomic E-state index is -0.730. The standard InChI is InChI=1S/C14H18N2O4/c1-2-14(13(17)18)7-8-15(10-14)9-11-3-5-12(6-4-11)16(19)20/h3-6H,2,7-10H2,1H3,(H,17,18). The Morgan fingerprint density at radius 1 is 1.45 bits per heavy atom. The van der Waals surface area contributed by atoms with Crippen LogP contribution in [-0.2, 0) is 11.3 Å². The van der Waals surface area contributed by atoms with Gasteiger partial charge in [-0.15, -0.1) is 0 Å². The van der Waals surface area contributed by atoms with Crippen LogP contribution in [0.5, 0.6) is 0 Å². The maximum atomic E-state index is 11.4. The van der Waals surface area contributed by atoms with Gasteiger partial charge < -0.3 is 5.11 Å². The zero-order valence-electron chi connectivity index (χ0n) is 11.4. The number of hydrogen-bond donors (Lipinski definition) is 1. The van der Waals surface area contributed by atoms with Crippen LogP contribution in [0, 0.1) is 15.5 Å². The molecule has 1 unspecified atom stereocenters. The highest BCUT2D eigenvalue weighted by Crippen LogP contribution is 2.34. The van der Waals surface area contributed by atoms with E-state index in [1.165, 1.54) is 12.1 Å². The number of nitro groups is 1. The van der Waals surface area contributed by atoms with Crippen LogP contribution >= 0.6 is 0 Å². The summed E-state index contributed by atoms with van der Waals surface area (Å²) in [5.41, 5.74) is 0.400. The maximum absolute atomic E-state index is 11.4. The molecule has 1 saturated heterocycles. The topological polar surface area (TPSA) is 83.7 Å². The Balaban J connectivity index is 2.01. The largest absolute Gasteiger partial charge is 0.481 e. The van der Waals surface area contributed by atoms with Crippen molar-refractivity contribution in [1.82, 2.24) is 4.90 Å². The molecule has 1 aliphatic heterocycles. The summed E-state index contributed by atoms with van der Waals surface area (Å²) < 4.78 is 0. The van der Waals surface area contributed by atoms with Crippen molar-refractivity contribution in [3.8, 4) is 0 Å². The van der Waals surface area contributed by atoms with Gasteiger partial charge in [0.2, 0.25) is 0 Å². The highest BCUT2D eigenvalue weighted by atomic mass is 16.6. The Morgan fingerprint density at radius 2 is 2.10 bits per heavy atom. The van der Waals surface area contributed by atoms with Gasteiger partial charge in [-0.05, 0) is 24.9 Å². The number of carboxylic acid groups (broad SMARTS) is 1. The normalized spacial score (nSPS) is 22.9. The molecule has 1 heterocycles. The molecule has 6 heteroatoms. The third-order valence-electron chi connectivity index (χ3n) is 4.12. The molecule has 1 aromatic carbocycles. The van der Waals surface area contributed by atoms with E-state index in [0.717, 1.165) is 12.1 Å². The van der Waals surface area contributed by atoms with Gasteiger partial charge in [0.05, 0.1) is 10.3 Å². The van der Waals surface area contributed by atoms with Crippen molar-refractivity contribution < 1.29 is 14.8 Å². The van der Waals surface area contributed by atoms with Gasteiger partial charge in [-0.1, -0.05) is 19.1 Å². The summed E-state index contributed by atoms with van der Waals surface area (Å²) >= 11 is 0. The van der Waals surface area contributed by atoms with Crippen LogP contribution in [0.15, 0.2) is 24.3 Å². The molecule has 0 radical (unpaired) electrons. The fourth-order valence-corrected chi connectivity index (χ4v) is 2.69. The summed E-state index contributed by atoms with van der Waals surface area (Å²) in [5.74, 6) is -0.730. The van der Waals surface area contributed by atoms with Gasteiger partial charge in [0.25, 0.3) is 5.69 Å². The van der Waals surface area contributed by atoms with Gasteiger partial charge in [-0.2, -0.15) is 0 Å². The van der Waals surface area contributed by atoms with Crippen LogP contribution < -0.4 is 0 Å². The van der Waals surface area contributed by atoms with E-state index in [1.54, 1.807) is 12.1 Å². The first-order valence-corrected chi connectivity index (χ1v) is 6.66. The quantitative estimate of drug-likeness (QED) is 0.660. The van der Waals surface area contributed by atoms with E-state index in [4.69, 9.17) is 0 Å². The van der Waals surface area contributed by atoms with E-state index in [-0.39, 0.29) is 5.69 Å². The number of likely N-dealkylation sites (tertiary alicyclic amines) is 1. The Labute approximate surface area is 117 Å². The molecule has 0 aromatic heterocycles. The zero-order valence-corrected chi connectivity index (χ0v) is 11.4. The highest BCUT2D eigenvalue weighted by molar-refractivity contribution is 5.75. The van der Waals surface area contributed by atoms with Crippen molar-refractivity contribution in [2.24, 2.45) is 5.41 Å². The molecular weight excluding hydrogens is 260 g/mol. The lowest BCUT2D eigenvalue weighted by Gasteiger charge is -2.23. The lowest BCUT2D eigenvalue weighted by atomic mass is 9.84. The number of benzene rings is 1. The lowest BCUT2D eigenvalue weighted by Crippen LogP contribution is -2.33. The van der Waals surface area contributed by atoms with Crippen LogP contribution in [-0.4, -0.2) is 34.0 Å². The van der Waals surface area contributed by atoms with Crippen molar-refractivity contribution >= 4 is 11.7 Å². The molecule has 1 aliphatic rings. The fourth-order valence-electron chi connectivity index (χ4n) is 2.69. The molecule has 0 bridgehead atoms. The van der Waals surface area contributed by atoms with Gasteiger partial charge in [0, 0.05) is 25.2 Å². The summed E-state index contributed by atoms with van der Waals surface area (Å²) in [5, 5.41) is 19.9. The molecule has 1 N–H and O–H groups in total. The second-order valence-electron chi connectivity index (χ2n) is 5.32. The van der Waals surface area contributed by atoms with Crippen molar-refractivity contribution in [2.45, 2.75) is 26.3 Å². The van der Waals surface area contributed by atoms with Crippen molar-refractivity contribution in [3.63, 3.8) is 0 Å². The van der Waals surface area contributed by atoms with Crippen LogP contribution in [0.25, 0.3) is 0 Å².